The molecule has 0 bridgehead atoms. The summed E-state index contributed by atoms with van der Waals surface area (Å²) in [5.41, 5.74) is 3.69. The molecule has 0 aliphatic rings. The van der Waals surface area contributed by atoms with E-state index in [4.69, 9.17) is 0 Å². The second-order valence-corrected chi connectivity index (χ2v) is 9.15. The van der Waals surface area contributed by atoms with E-state index in [-0.39, 0.29) is 35.5 Å². The van der Waals surface area contributed by atoms with Gasteiger partial charge in [0.15, 0.2) is 5.13 Å². The molecule has 0 fully saturated rings. The first-order valence-corrected chi connectivity index (χ1v) is 11.8. The lowest BCUT2D eigenvalue weighted by atomic mass is 10.1. The predicted molar refractivity (Wildman–Crippen MR) is 147 cm³/mol. The highest BCUT2D eigenvalue weighted by atomic mass is 35.5. The molecule has 1 amide bonds. The van der Waals surface area contributed by atoms with E-state index >= 15 is 4.39 Å². The van der Waals surface area contributed by atoms with Crippen LogP contribution in [0.4, 0.5) is 22.7 Å². The van der Waals surface area contributed by atoms with Gasteiger partial charge in [0.1, 0.15) is 17.2 Å². The molecule has 15 heteroatoms. The summed E-state index contributed by atoms with van der Waals surface area (Å²) in [6.45, 7) is 0. The molecule has 0 saturated carbocycles. The van der Waals surface area contributed by atoms with Gasteiger partial charge in [-0.25, -0.2) is 14.4 Å². The van der Waals surface area contributed by atoms with Crippen LogP contribution in [-0.2, 0) is 0 Å². The van der Waals surface area contributed by atoms with E-state index in [1.165, 1.54) is 24.3 Å². The summed E-state index contributed by atoms with van der Waals surface area (Å²) in [6.07, 6.45) is 2.08. The number of ether oxygens (including phenoxy) is 1. The number of halogens is 6. The first-order chi connectivity index (χ1) is 18.2. The number of hydrogen-bond donors (Lipinski definition) is 2. The fraction of sp³-hybridized carbons (Fsp3) is 0.0400. The maximum Gasteiger partial charge on any atom is 0.573 e. The molecule has 40 heavy (non-hydrogen) atoms. The SMILES string of the molecule is Cl.Cl.O=C(Nc1nc2ccc(OC(F)(F)F)cc2s1)c1ccc(-c2cnc3ccc(-c4cn[nH]c4)cn23)cc1F. The van der Waals surface area contributed by atoms with Crippen molar-refractivity contribution in [3.05, 3.63) is 84.7 Å². The Balaban J connectivity index is 0.00000185. The Morgan fingerprint density at radius 1 is 1.00 bits per heavy atom. The van der Waals surface area contributed by atoms with Crippen molar-refractivity contribution in [3.63, 3.8) is 0 Å². The molecular formula is C25H16Cl2F4N6O2S. The third-order valence-electron chi connectivity index (χ3n) is 5.66. The molecule has 2 N–H and O–H groups in total. The van der Waals surface area contributed by atoms with Crippen molar-refractivity contribution in [2.24, 2.45) is 0 Å². The number of imidazole rings is 1. The number of pyridine rings is 1. The van der Waals surface area contributed by atoms with E-state index in [1.54, 1.807) is 24.7 Å². The number of amides is 1. The lowest BCUT2D eigenvalue weighted by molar-refractivity contribution is -0.274. The maximum absolute atomic E-state index is 15.1. The topological polar surface area (TPSA) is 97.2 Å². The van der Waals surface area contributed by atoms with Gasteiger partial charge in [-0.2, -0.15) is 5.10 Å². The number of nitrogens with zero attached hydrogens (tertiary/aromatic N) is 4. The zero-order valence-corrected chi connectivity index (χ0v) is 22.2. The molecule has 4 heterocycles. The molecule has 2 aromatic carbocycles. The van der Waals surface area contributed by atoms with Crippen LogP contribution in [0.2, 0.25) is 0 Å². The minimum absolute atomic E-state index is 0. The summed E-state index contributed by atoms with van der Waals surface area (Å²) >= 11 is 0.938. The molecule has 0 unspecified atom stereocenters. The number of fused-ring (bicyclic) bond motifs is 2. The molecule has 0 aliphatic carbocycles. The number of H-pyrrole nitrogens is 1. The number of hydrogen-bond acceptors (Lipinski definition) is 6. The molecule has 6 rings (SSSR count). The van der Waals surface area contributed by atoms with Gasteiger partial charge >= 0.3 is 6.36 Å². The van der Waals surface area contributed by atoms with Crippen molar-refractivity contribution >= 4 is 63.1 Å². The van der Waals surface area contributed by atoms with E-state index in [1.807, 2.05) is 22.7 Å². The van der Waals surface area contributed by atoms with Gasteiger partial charge in [0.05, 0.1) is 33.9 Å². The van der Waals surface area contributed by atoms with Crippen LogP contribution in [0.25, 0.3) is 38.2 Å². The molecule has 206 valence electrons. The van der Waals surface area contributed by atoms with Crippen molar-refractivity contribution < 1.29 is 27.1 Å². The van der Waals surface area contributed by atoms with Crippen LogP contribution < -0.4 is 10.1 Å². The highest BCUT2D eigenvalue weighted by molar-refractivity contribution is 7.22. The van der Waals surface area contributed by atoms with Crippen molar-refractivity contribution in [3.8, 4) is 28.1 Å². The predicted octanol–water partition coefficient (Wildman–Crippen LogP) is 7.13. The number of thiazole rings is 1. The van der Waals surface area contributed by atoms with E-state index in [0.29, 0.717) is 27.1 Å². The standard InChI is InChI=1S/C25H14F4N6O2S.2ClH/c26-18-7-13(20-11-30-22-6-2-14(12-35(20)22)15-9-31-32-10-15)1-4-17(18)23(36)34-24-33-19-5-3-16(8-21(19)38-24)37-25(27,28)29;;/h1-12H,(H,31,32)(H,33,34,36);2*1H. The zero-order valence-electron chi connectivity index (χ0n) is 19.8. The summed E-state index contributed by atoms with van der Waals surface area (Å²) in [5.74, 6) is -1.92. The lowest BCUT2D eigenvalue weighted by Gasteiger charge is -2.07. The van der Waals surface area contributed by atoms with Crippen molar-refractivity contribution in [2.75, 3.05) is 5.32 Å². The first-order valence-electron chi connectivity index (χ1n) is 11.0. The Bertz CT molecular complexity index is 1820. The number of carbonyl (C=O) groups excluding carboxylic acids is 1. The molecule has 0 saturated heterocycles. The summed E-state index contributed by atoms with van der Waals surface area (Å²) in [6, 6.07) is 11.6. The Morgan fingerprint density at radius 3 is 2.52 bits per heavy atom. The van der Waals surface area contributed by atoms with Crippen LogP contribution in [0, 0.1) is 5.82 Å². The van der Waals surface area contributed by atoms with Crippen LogP contribution in [-0.4, -0.2) is 36.8 Å². The van der Waals surface area contributed by atoms with Gasteiger partial charge in [-0.3, -0.25) is 19.6 Å². The van der Waals surface area contributed by atoms with E-state index in [9.17, 15) is 18.0 Å². The molecule has 0 spiro atoms. The second kappa shape index (κ2) is 11.1. The molecule has 4 aromatic heterocycles. The van der Waals surface area contributed by atoms with Gasteiger partial charge in [0.25, 0.3) is 5.91 Å². The summed E-state index contributed by atoms with van der Waals surface area (Å²) in [5, 5.41) is 9.32. The fourth-order valence-corrected chi connectivity index (χ4v) is 4.84. The number of rotatable bonds is 5. The Labute approximate surface area is 238 Å². The number of alkyl halides is 3. The number of aromatic amines is 1. The second-order valence-electron chi connectivity index (χ2n) is 8.12. The summed E-state index contributed by atoms with van der Waals surface area (Å²) < 4.78 is 58.6. The third kappa shape index (κ3) is 5.71. The number of anilines is 1. The number of benzene rings is 2. The summed E-state index contributed by atoms with van der Waals surface area (Å²) in [4.78, 5) is 21.3. The smallest absolute Gasteiger partial charge is 0.406 e. The van der Waals surface area contributed by atoms with E-state index in [0.717, 1.165) is 28.5 Å². The van der Waals surface area contributed by atoms with Crippen molar-refractivity contribution in [1.82, 2.24) is 24.6 Å². The highest BCUT2D eigenvalue weighted by Crippen LogP contribution is 2.32. The third-order valence-corrected chi connectivity index (χ3v) is 6.59. The van der Waals surface area contributed by atoms with Gasteiger partial charge < -0.3 is 4.74 Å². The number of aromatic nitrogens is 5. The molecular weight excluding hydrogens is 595 g/mol. The molecule has 0 radical (unpaired) electrons. The minimum Gasteiger partial charge on any atom is -0.406 e. The minimum atomic E-state index is -4.83. The first kappa shape index (κ1) is 28.8. The zero-order chi connectivity index (χ0) is 26.4. The van der Waals surface area contributed by atoms with Gasteiger partial charge in [-0.15, -0.1) is 38.0 Å². The normalized spacial score (nSPS) is 11.2. The molecule has 8 nitrogen and oxygen atoms in total. The van der Waals surface area contributed by atoms with E-state index in [2.05, 4.69) is 30.2 Å². The Hall–Kier alpha value is -4.20. The largest absolute Gasteiger partial charge is 0.573 e. The van der Waals surface area contributed by atoms with Gasteiger partial charge in [-0.1, -0.05) is 17.4 Å². The van der Waals surface area contributed by atoms with Gasteiger partial charge in [0.2, 0.25) is 0 Å². The van der Waals surface area contributed by atoms with E-state index < -0.39 is 23.8 Å². The number of carbonyl (C=O) groups is 1. The van der Waals surface area contributed by atoms with Crippen LogP contribution in [0.15, 0.2) is 73.3 Å². The van der Waals surface area contributed by atoms with Crippen molar-refractivity contribution in [2.45, 2.75) is 6.36 Å². The van der Waals surface area contributed by atoms with Gasteiger partial charge in [-0.05, 0) is 36.4 Å². The Morgan fingerprint density at radius 2 is 1.80 bits per heavy atom. The molecule has 0 aliphatic heterocycles. The van der Waals surface area contributed by atoms with Crippen LogP contribution in [0.5, 0.6) is 5.75 Å². The van der Waals surface area contributed by atoms with Gasteiger partial charge in [0, 0.05) is 35.2 Å². The van der Waals surface area contributed by atoms with Crippen LogP contribution >= 0.6 is 36.2 Å². The molecule has 6 aromatic rings. The quantitative estimate of drug-likeness (QED) is 0.202. The average molecular weight is 611 g/mol. The highest BCUT2D eigenvalue weighted by Gasteiger charge is 2.31. The average Bonchev–Trinajstić information content (AvgIpc) is 3.61. The monoisotopic (exact) mass is 610 g/mol. The molecule has 0 atom stereocenters. The van der Waals surface area contributed by atoms with Crippen molar-refractivity contribution in [1.29, 1.82) is 0 Å². The fourth-order valence-electron chi connectivity index (χ4n) is 3.95. The van der Waals surface area contributed by atoms with Crippen LogP contribution in [0.3, 0.4) is 0 Å². The van der Waals surface area contributed by atoms with Crippen LogP contribution in [0.1, 0.15) is 10.4 Å². The Kier molecular flexibility index (Phi) is 8.00. The number of nitrogens with one attached hydrogen (secondary N) is 2. The summed E-state index contributed by atoms with van der Waals surface area (Å²) in [7, 11) is 0. The lowest BCUT2D eigenvalue weighted by Crippen LogP contribution is -2.16. The maximum atomic E-state index is 15.1.